The van der Waals surface area contributed by atoms with Crippen LogP contribution in [0.3, 0.4) is 0 Å². The Bertz CT molecular complexity index is 299. The topological polar surface area (TPSA) is 29.5 Å². The number of carbonyl (C=O) groups excluding carboxylic acids is 1. The molecule has 3 heteroatoms. The van der Waals surface area contributed by atoms with Gasteiger partial charge in [0.2, 0.25) is 5.91 Å². The third kappa shape index (κ3) is 4.60. The molecule has 0 saturated carbocycles. The second kappa shape index (κ2) is 5.20. The van der Waals surface area contributed by atoms with Crippen LogP contribution in [-0.2, 0) is 9.53 Å². The lowest BCUT2D eigenvalue weighted by atomic mass is 9.90. The Hall–Kier alpha value is -0.570. The van der Waals surface area contributed by atoms with Gasteiger partial charge in [0.25, 0.3) is 0 Å². The van der Waals surface area contributed by atoms with Crippen LogP contribution < -0.4 is 0 Å². The van der Waals surface area contributed by atoms with Crippen LogP contribution in [-0.4, -0.2) is 36.1 Å². The number of nitrogens with zero attached hydrogens (tertiary/aromatic N) is 1. The van der Waals surface area contributed by atoms with E-state index < -0.39 is 0 Å². The summed E-state index contributed by atoms with van der Waals surface area (Å²) in [5, 5.41) is 0. The van der Waals surface area contributed by atoms with Gasteiger partial charge < -0.3 is 9.64 Å². The summed E-state index contributed by atoms with van der Waals surface area (Å²) in [6.45, 7) is 16.6. The Labute approximate surface area is 112 Å². The molecule has 1 fully saturated rings. The molecule has 1 saturated heterocycles. The van der Waals surface area contributed by atoms with Crippen molar-refractivity contribution in [2.75, 3.05) is 13.1 Å². The average Bonchev–Trinajstić information content (AvgIpc) is 2.42. The number of ether oxygens (including phenoxy) is 1. The van der Waals surface area contributed by atoms with E-state index in [2.05, 4.69) is 48.5 Å². The van der Waals surface area contributed by atoms with Gasteiger partial charge in [-0.15, -0.1) is 0 Å². The zero-order valence-electron chi connectivity index (χ0n) is 13.0. The smallest absolute Gasteiger partial charge is 0.225 e. The van der Waals surface area contributed by atoms with Gasteiger partial charge in [-0.25, -0.2) is 0 Å². The normalized spacial score (nSPS) is 23.6. The van der Waals surface area contributed by atoms with Crippen LogP contribution in [0, 0.1) is 10.8 Å². The van der Waals surface area contributed by atoms with Crippen molar-refractivity contribution in [1.82, 2.24) is 4.90 Å². The van der Waals surface area contributed by atoms with Gasteiger partial charge in [-0.3, -0.25) is 4.79 Å². The highest BCUT2D eigenvalue weighted by molar-refractivity contribution is 5.79. The molecule has 0 spiro atoms. The SMILES string of the molecule is C[C@@H](OC1CC(=O)N(CC(C)(C)C)C1)C(C)(C)C. The molecule has 1 rings (SSSR count). The minimum Gasteiger partial charge on any atom is -0.372 e. The first-order chi connectivity index (χ1) is 7.99. The molecule has 106 valence electrons. The summed E-state index contributed by atoms with van der Waals surface area (Å²) in [5.74, 6) is 0.232. The fourth-order valence-electron chi connectivity index (χ4n) is 2.05. The van der Waals surface area contributed by atoms with E-state index in [0.717, 1.165) is 13.1 Å². The van der Waals surface area contributed by atoms with Crippen molar-refractivity contribution in [3.8, 4) is 0 Å². The van der Waals surface area contributed by atoms with Crippen molar-refractivity contribution in [3.63, 3.8) is 0 Å². The molecule has 2 atom stereocenters. The van der Waals surface area contributed by atoms with Crippen LogP contribution in [0.5, 0.6) is 0 Å². The van der Waals surface area contributed by atoms with Crippen molar-refractivity contribution in [1.29, 1.82) is 0 Å². The van der Waals surface area contributed by atoms with Gasteiger partial charge in [-0.05, 0) is 17.8 Å². The first kappa shape index (κ1) is 15.5. The summed E-state index contributed by atoms with van der Waals surface area (Å²) >= 11 is 0. The standard InChI is InChI=1S/C15H29NO2/c1-11(15(5,6)7)18-12-8-13(17)16(9-12)10-14(2,3)4/h11-12H,8-10H2,1-7H3/t11-,12?/m1/s1. The van der Waals surface area contributed by atoms with Crippen LogP contribution >= 0.6 is 0 Å². The minimum absolute atomic E-state index is 0.0640. The summed E-state index contributed by atoms with van der Waals surface area (Å²) in [5.41, 5.74) is 0.278. The highest BCUT2D eigenvalue weighted by Gasteiger charge is 2.35. The second-order valence-electron chi connectivity index (χ2n) is 7.81. The van der Waals surface area contributed by atoms with E-state index in [4.69, 9.17) is 4.74 Å². The first-order valence-electron chi connectivity index (χ1n) is 6.92. The van der Waals surface area contributed by atoms with Crippen molar-refractivity contribution in [3.05, 3.63) is 0 Å². The molecule has 1 unspecified atom stereocenters. The van der Waals surface area contributed by atoms with Crippen molar-refractivity contribution in [2.45, 2.75) is 67.1 Å². The molecule has 1 aliphatic rings. The maximum atomic E-state index is 11.9. The molecule has 0 radical (unpaired) electrons. The lowest BCUT2D eigenvalue weighted by molar-refractivity contribution is -0.129. The number of likely N-dealkylation sites (tertiary alicyclic amines) is 1. The Kier molecular flexibility index (Phi) is 4.47. The molecule has 3 nitrogen and oxygen atoms in total. The fourth-order valence-corrected chi connectivity index (χ4v) is 2.05. The molecule has 18 heavy (non-hydrogen) atoms. The van der Waals surface area contributed by atoms with Crippen molar-refractivity contribution < 1.29 is 9.53 Å². The van der Waals surface area contributed by atoms with Gasteiger partial charge in [-0.2, -0.15) is 0 Å². The molecule has 1 aliphatic heterocycles. The molecule has 1 heterocycles. The first-order valence-corrected chi connectivity index (χ1v) is 6.92. The number of carbonyl (C=O) groups is 1. The fraction of sp³-hybridized carbons (Fsp3) is 0.933. The predicted octanol–water partition coefficient (Wildman–Crippen LogP) is 3.08. The van der Waals surface area contributed by atoms with Crippen LogP contribution in [0.1, 0.15) is 54.9 Å². The van der Waals surface area contributed by atoms with Gasteiger partial charge in [0.05, 0.1) is 18.6 Å². The van der Waals surface area contributed by atoms with Gasteiger partial charge in [0.1, 0.15) is 0 Å². The van der Waals surface area contributed by atoms with E-state index in [9.17, 15) is 4.79 Å². The maximum absolute atomic E-state index is 11.9. The maximum Gasteiger partial charge on any atom is 0.225 e. The zero-order valence-corrected chi connectivity index (χ0v) is 13.0. The number of amides is 1. The molecular formula is C15H29NO2. The molecule has 0 aliphatic carbocycles. The highest BCUT2D eigenvalue weighted by atomic mass is 16.5. The zero-order chi connectivity index (χ0) is 14.1. The van der Waals surface area contributed by atoms with Crippen LogP contribution in [0.4, 0.5) is 0 Å². The van der Waals surface area contributed by atoms with E-state index in [-0.39, 0.29) is 28.9 Å². The molecule has 1 amide bonds. The van der Waals surface area contributed by atoms with Crippen LogP contribution in [0.25, 0.3) is 0 Å². The third-order valence-corrected chi connectivity index (χ3v) is 3.46. The molecule has 0 aromatic heterocycles. The number of hydrogen-bond donors (Lipinski definition) is 0. The summed E-state index contributed by atoms with van der Waals surface area (Å²) < 4.78 is 6.03. The van der Waals surface area contributed by atoms with E-state index in [1.807, 2.05) is 4.90 Å². The van der Waals surface area contributed by atoms with Crippen LogP contribution in [0.2, 0.25) is 0 Å². The van der Waals surface area contributed by atoms with E-state index >= 15 is 0 Å². The van der Waals surface area contributed by atoms with E-state index in [1.165, 1.54) is 0 Å². The Balaban J connectivity index is 2.52. The predicted molar refractivity (Wildman–Crippen MR) is 74.4 cm³/mol. The van der Waals surface area contributed by atoms with Gasteiger partial charge in [0.15, 0.2) is 0 Å². The molecular weight excluding hydrogens is 226 g/mol. The number of hydrogen-bond acceptors (Lipinski definition) is 2. The molecule has 0 aromatic rings. The van der Waals surface area contributed by atoms with Gasteiger partial charge in [-0.1, -0.05) is 41.5 Å². The summed E-state index contributed by atoms with van der Waals surface area (Å²) in [4.78, 5) is 13.9. The average molecular weight is 255 g/mol. The monoisotopic (exact) mass is 255 g/mol. The minimum atomic E-state index is 0.0640. The second-order valence-corrected chi connectivity index (χ2v) is 7.81. The van der Waals surface area contributed by atoms with E-state index in [1.54, 1.807) is 0 Å². The third-order valence-electron chi connectivity index (χ3n) is 3.46. The summed E-state index contributed by atoms with van der Waals surface area (Å²) in [7, 11) is 0. The molecule has 0 bridgehead atoms. The van der Waals surface area contributed by atoms with Gasteiger partial charge >= 0.3 is 0 Å². The van der Waals surface area contributed by atoms with E-state index in [0.29, 0.717) is 6.42 Å². The lowest BCUT2D eigenvalue weighted by Crippen LogP contribution is -2.36. The molecule has 0 N–H and O–H groups in total. The quantitative estimate of drug-likeness (QED) is 0.775. The largest absolute Gasteiger partial charge is 0.372 e. The Morgan fingerprint density at radius 2 is 1.83 bits per heavy atom. The highest BCUT2D eigenvalue weighted by Crippen LogP contribution is 2.27. The van der Waals surface area contributed by atoms with Crippen molar-refractivity contribution in [2.24, 2.45) is 10.8 Å². The Morgan fingerprint density at radius 3 is 2.28 bits per heavy atom. The molecule has 0 aromatic carbocycles. The number of rotatable bonds is 3. The van der Waals surface area contributed by atoms with Gasteiger partial charge in [0, 0.05) is 13.1 Å². The van der Waals surface area contributed by atoms with Crippen molar-refractivity contribution >= 4 is 5.91 Å². The van der Waals surface area contributed by atoms with Crippen LogP contribution in [0.15, 0.2) is 0 Å². The summed E-state index contributed by atoms with van der Waals surface area (Å²) in [6.07, 6.45) is 0.773. The Morgan fingerprint density at radius 1 is 1.28 bits per heavy atom. The summed E-state index contributed by atoms with van der Waals surface area (Å²) in [6, 6.07) is 0. The lowest BCUT2D eigenvalue weighted by Gasteiger charge is -2.30.